The van der Waals surface area contributed by atoms with Crippen LogP contribution in [0.15, 0.2) is 39.8 Å². The van der Waals surface area contributed by atoms with Crippen molar-refractivity contribution in [2.45, 2.75) is 41.0 Å². The normalized spacial score (nSPS) is 11.5. The SMILES string of the molecule is CC.CC/C=C(\C=NC)c1ccc(-c2nn(-c3c(C)ccc(O)c3C)c(N)c2C(N)=O)o1. The van der Waals surface area contributed by atoms with Gasteiger partial charge in [-0.1, -0.05) is 32.9 Å². The maximum absolute atomic E-state index is 12.2. The number of aromatic nitrogens is 2. The molecule has 5 N–H and O–H groups in total. The van der Waals surface area contributed by atoms with E-state index in [1.807, 2.05) is 33.8 Å². The molecule has 0 fully saturated rings. The van der Waals surface area contributed by atoms with Gasteiger partial charge in [-0.15, -0.1) is 0 Å². The van der Waals surface area contributed by atoms with Crippen molar-refractivity contribution >= 4 is 23.5 Å². The molecule has 3 aromatic rings. The van der Waals surface area contributed by atoms with E-state index in [1.54, 1.807) is 44.5 Å². The van der Waals surface area contributed by atoms with Gasteiger partial charge in [0.1, 0.15) is 28.6 Å². The number of aromatic hydroxyl groups is 1. The number of allylic oxidation sites excluding steroid dienone is 2. The maximum Gasteiger partial charge on any atom is 0.254 e. The van der Waals surface area contributed by atoms with E-state index in [4.69, 9.17) is 15.9 Å². The number of aliphatic imine (C=N–C) groups is 1. The van der Waals surface area contributed by atoms with Crippen LogP contribution in [0.3, 0.4) is 0 Å². The molecule has 2 heterocycles. The number of nitrogen functional groups attached to an aromatic ring is 1. The topological polar surface area (TPSA) is 133 Å². The molecule has 170 valence electrons. The van der Waals surface area contributed by atoms with Crippen molar-refractivity contribution in [3.05, 3.63) is 52.8 Å². The Bertz CT molecular complexity index is 1170. The maximum atomic E-state index is 12.2. The van der Waals surface area contributed by atoms with Crippen molar-refractivity contribution in [3.8, 4) is 22.9 Å². The lowest BCUT2D eigenvalue weighted by atomic mass is 10.1. The molecule has 0 bridgehead atoms. The standard InChI is InChI=1S/C22H25N5O3.C2H6/c1-5-6-14(11-25-4)16-9-10-17(30-16)19-18(22(24)29)21(23)27(26-19)20-12(2)7-8-15(28)13(20)3;1-2/h6-11,28H,5,23H2,1-4H3,(H2,24,29);1-2H3/b14-6+,25-11?;. The number of phenols is 1. The lowest BCUT2D eigenvalue weighted by Crippen LogP contribution is -2.14. The molecule has 0 spiro atoms. The molecule has 0 atom stereocenters. The van der Waals surface area contributed by atoms with Crippen LogP contribution in [0.2, 0.25) is 0 Å². The first-order chi connectivity index (χ1) is 15.3. The number of hydrogen-bond donors (Lipinski definition) is 3. The van der Waals surface area contributed by atoms with E-state index >= 15 is 0 Å². The highest BCUT2D eigenvalue weighted by atomic mass is 16.3. The number of amides is 1. The molecule has 32 heavy (non-hydrogen) atoms. The number of nitrogens with zero attached hydrogens (tertiary/aromatic N) is 3. The number of furan rings is 1. The molecule has 0 aliphatic carbocycles. The number of phenolic OH excluding ortho intramolecular Hbond substituents is 1. The molecule has 3 rings (SSSR count). The van der Waals surface area contributed by atoms with Gasteiger partial charge in [0.05, 0.1) is 5.69 Å². The highest BCUT2D eigenvalue weighted by Crippen LogP contribution is 2.34. The van der Waals surface area contributed by atoms with E-state index in [9.17, 15) is 9.90 Å². The zero-order chi connectivity index (χ0) is 24.0. The summed E-state index contributed by atoms with van der Waals surface area (Å²) >= 11 is 0. The van der Waals surface area contributed by atoms with Crippen LogP contribution in [0, 0.1) is 13.8 Å². The number of rotatable bonds is 6. The second kappa shape index (κ2) is 10.5. The largest absolute Gasteiger partial charge is 0.508 e. The Morgan fingerprint density at radius 2 is 1.94 bits per heavy atom. The van der Waals surface area contributed by atoms with Gasteiger partial charge in [0, 0.05) is 24.4 Å². The molecule has 0 unspecified atom stereocenters. The molecule has 8 nitrogen and oxygen atoms in total. The van der Waals surface area contributed by atoms with E-state index in [0.29, 0.717) is 22.8 Å². The first-order valence-electron chi connectivity index (χ1n) is 10.5. The van der Waals surface area contributed by atoms with E-state index in [2.05, 4.69) is 10.1 Å². The van der Waals surface area contributed by atoms with Gasteiger partial charge < -0.3 is 21.0 Å². The Labute approximate surface area is 188 Å². The summed E-state index contributed by atoms with van der Waals surface area (Å²) in [6, 6.07) is 6.84. The summed E-state index contributed by atoms with van der Waals surface area (Å²) < 4.78 is 7.38. The van der Waals surface area contributed by atoms with Crippen molar-refractivity contribution in [1.82, 2.24) is 9.78 Å². The minimum atomic E-state index is -0.721. The Hall–Kier alpha value is -3.81. The number of benzene rings is 1. The molecule has 8 heteroatoms. The van der Waals surface area contributed by atoms with Gasteiger partial charge in [-0.05, 0) is 44.0 Å². The summed E-state index contributed by atoms with van der Waals surface area (Å²) in [4.78, 5) is 16.3. The fourth-order valence-corrected chi connectivity index (χ4v) is 3.36. The van der Waals surface area contributed by atoms with Crippen LogP contribution in [0.25, 0.3) is 22.7 Å². The molecule has 0 radical (unpaired) electrons. The van der Waals surface area contributed by atoms with E-state index < -0.39 is 5.91 Å². The lowest BCUT2D eigenvalue weighted by molar-refractivity contribution is 0.100. The monoisotopic (exact) mass is 437 g/mol. The van der Waals surface area contributed by atoms with Crippen LogP contribution in [0.5, 0.6) is 5.75 Å². The van der Waals surface area contributed by atoms with Gasteiger partial charge in [0.2, 0.25) is 0 Å². The average molecular weight is 438 g/mol. The third-order valence-electron chi connectivity index (χ3n) is 4.80. The molecule has 0 aliphatic heterocycles. The molecular formula is C24H31N5O3. The minimum absolute atomic E-state index is 0.0585. The van der Waals surface area contributed by atoms with Crippen molar-refractivity contribution in [3.63, 3.8) is 0 Å². The Morgan fingerprint density at radius 1 is 1.25 bits per heavy atom. The second-order valence-corrected chi connectivity index (χ2v) is 6.88. The molecule has 0 saturated heterocycles. The fraction of sp³-hybridized carbons (Fsp3) is 0.292. The van der Waals surface area contributed by atoms with Gasteiger partial charge in [0.15, 0.2) is 5.76 Å². The number of aryl methyl sites for hydroxylation is 1. The van der Waals surface area contributed by atoms with Crippen molar-refractivity contribution in [2.75, 3.05) is 12.8 Å². The molecule has 1 amide bonds. The third-order valence-corrected chi connectivity index (χ3v) is 4.80. The Balaban J connectivity index is 0.00000176. The molecule has 1 aromatic carbocycles. The predicted molar refractivity (Wildman–Crippen MR) is 129 cm³/mol. The van der Waals surface area contributed by atoms with Crippen molar-refractivity contribution < 1.29 is 14.3 Å². The van der Waals surface area contributed by atoms with E-state index in [-0.39, 0.29) is 22.8 Å². The zero-order valence-electron chi connectivity index (χ0n) is 19.4. The highest BCUT2D eigenvalue weighted by molar-refractivity contribution is 6.09. The molecule has 0 saturated carbocycles. The molecule has 0 aliphatic rings. The summed E-state index contributed by atoms with van der Waals surface area (Å²) in [6.45, 7) is 9.63. The smallest absolute Gasteiger partial charge is 0.254 e. The third kappa shape index (κ3) is 4.59. The fourth-order valence-electron chi connectivity index (χ4n) is 3.36. The van der Waals surface area contributed by atoms with E-state index in [0.717, 1.165) is 17.6 Å². The van der Waals surface area contributed by atoms with Crippen LogP contribution in [-0.4, -0.2) is 34.1 Å². The van der Waals surface area contributed by atoms with Crippen LogP contribution in [-0.2, 0) is 0 Å². The number of carbonyl (C=O) groups is 1. The quantitative estimate of drug-likeness (QED) is 0.483. The second-order valence-electron chi connectivity index (χ2n) is 6.88. The van der Waals surface area contributed by atoms with Crippen LogP contribution < -0.4 is 11.5 Å². The summed E-state index contributed by atoms with van der Waals surface area (Å²) in [5.74, 6) is 0.395. The number of hydrogen-bond acceptors (Lipinski definition) is 6. The Kier molecular flexibility index (Phi) is 8.01. The highest BCUT2D eigenvalue weighted by Gasteiger charge is 2.26. The predicted octanol–water partition coefficient (Wildman–Crippen LogP) is 4.66. The van der Waals surface area contributed by atoms with Gasteiger partial charge in [0.25, 0.3) is 5.91 Å². The average Bonchev–Trinajstić information content (AvgIpc) is 3.38. The van der Waals surface area contributed by atoms with Crippen LogP contribution in [0.4, 0.5) is 5.82 Å². The molecular weight excluding hydrogens is 406 g/mol. The zero-order valence-corrected chi connectivity index (χ0v) is 19.4. The number of anilines is 1. The van der Waals surface area contributed by atoms with E-state index in [1.165, 1.54) is 4.68 Å². The number of nitrogens with two attached hydrogens (primary N) is 2. The van der Waals surface area contributed by atoms with Gasteiger partial charge in [-0.3, -0.25) is 9.79 Å². The van der Waals surface area contributed by atoms with Crippen molar-refractivity contribution in [2.24, 2.45) is 10.7 Å². The summed E-state index contributed by atoms with van der Waals surface area (Å²) in [6.07, 6.45) is 4.49. The van der Waals surface area contributed by atoms with Crippen molar-refractivity contribution in [1.29, 1.82) is 0 Å². The lowest BCUT2D eigenvalue weighted by Gasteiger charge is -2.12. The first kappa shape index (κ1) is 24.5. The van der Waals surface area contributed by atoms with Gasteiger partial charge >= 0.3 is 0 Å². The van der Waals surface area contributed by atoms with Gasteiger partial charge in [-0.25, -0.2) is 4.68 Å². The number of carbonyl (C=O) groups excluding carboxylic acids is 1. The first-order valence-corrected chi connectivity index (χ1v) is 10.5. The summed E-state index contributed by atoms with van der Waals surface area (Å²) in [5.41, 5.74) is 15.0. The molecule has 2 aromatic heterocycles. The van der Waals surface area contributed by atoms with Gasteiger partial charge in [-0.2, -0.15) is 5.10 Å². The summed E-state index contributed by atoms with van der Waals surface area (Å²) in [7, 11) is 1.68. The number of primary amides is 1. The minimum Gasteiger partial charge on any atom is -0.508 e. The van der Waals surface area contributed by atoms with Crippen LogP contribution >= 0.6 is 0 Å². The Morgan fingerprint density at radius 3 is 2.53 bits per heavy atom. The van der Waals surface area contributed by atoms with Crippen LogP contribution in [0.1, 0.15) is 54.4 Å². The summed E-state index contributed by atoms with van der Waals surface area (Å²) in [5, 5.41) is 14.7.